The number of nitrogens with two attached hydrogens (primary N) is 1. The molecule has 4 saturated carbocycles. The second kappa shape index (κ2) is 2.94. The van der Waals surface area contributed by atoms with Gasteiger partial charge < -0.3 is 15.6 Å². The highest BCUT2D eigenvalue weighted by molar-refractivity contribution is 5.59. The number of hydrogen-bond acceptors (Lipinski definition) is 3. The van der Waals surface area contributed by atoms with Gasteiger partial charge in [-0.3, -0.25) is 0 Å². The average Bonchev–Trinajstić information content (AvgIpc) is 2.08. The Morgan fingerprint density at radius 2 is 1.59 bits per heavy atom. The van der Waals surface area contributed by atoms with Crippen molar-refractivity contribution in [1.29, 1.82) is 0 Å². The molecule has 0 spiro atoms. The van der Waals surface area contributed by atoms with Crippen LogP contribution >= 0.6 is 0 Å². The van der Waals surface area contributed by atoms with Crippen LogP contribution in [0.3, 0.4) is 0 Å². The predicted molar refractivity (Wildman–Crippen MR) is 65.3 cm³/mol. The zero-order chi connectivity index (χ0) is 12.5. The zero-order valence-corrected chi connectivity index (χ0v) is 10.8. The molecule has 3 N–H and O–H groups in total. The minimum absolute atomic E-state index is 0.144. The van der Waals surface area contributed by atoms with E-state index >= 15 is 0 Å². The highest BCUT2D eigenvalue weighted by atomic mass is 16.3. The van der Waals surface area contributed by atoms with Crippen LogP contribution in [0.4, 0.5) is 0 Å². The van der Waals surface area contributed by atoms with Gasteiger partial charge in [0.1, 0.15) is 6.29 Å². The van der Waals surface area contributed by atoms with Crippen molar-refractivity contribution >= 4 is 6.29 Å². The minimum atomic E-state index is -0.571. The number of hydrogen-bond donors (Lipinski definition) is 2. The van der Waals surface area contributed by atoms with Gasteiger partial charge in [0, 0.05) is 0 Å². The van der Waals surface area contributed by atoms with Gasteiger partial charge in [-0.25, -0.2) is 0 Å². The molecule has 4 aliphatic carbocycles. The molecule has 4 rings (SSSR count). The molecule has 4 fully saturated rings. The lowest BCUT2D eigenvalue weighted by molar-refractivity contribution is -0.228. The molecule has 4 bridgehead atoms. The Bertz CT molecular complexity index is 325. The maximum atomic E-state index is 11.1. The third-order valence-electron chi connectivity index (χ3n) is 5.46. The maximum absolute atomic E-state index is 11.1. The molecule has 3 atom stereocenters. The number of carbonyl (C=O) groups is 1. The van der Waals surface area contributed by atoms with E-state index in [9.17, 15) is 9.90 Å². The van der Waals surface area contributed by atoms with Gasteiger partial charge >= 0.3 is 0 Å². The van der Waals surface area contributed by atoms with Crippen molar-refractivity contribution in [3.8, 4) is 0 Å². The Kier molecular flexibility index (Phi) is 2.02. The summed E-state index contributed by atoms with van der Waals surface area (Å²) in [5.41, 5.74) is 5.71. The van der Waals surface area contributed by atoms with E-state index in [2.05, 4.69) is 13.8 Å². The van der Waals surface area contributed by atoms with Crippen LogP contribution < -0.4 is 5.73 Å². The van der Waals surface area contributed by atoms with Crippen molar-refractivity contribution in [2.75, 3.05) is 0 Å². The summed E-state index contributed by atoms with van der Waals surface area (Å²) in [4.78, 5) is 11.1. The van der Waals surface area contributed by atoms with Crippen LogP contribution in [-0.2, 0) is 4.79 Å². The molecule has 96 valence electrons. The van der Waals surface area contributed by atoms with E-state index in [0.717, 1.165) is 38.4 Å². The Labute approximate surface area is 103 Å². The first-order valence-corrected chi connectivity index (χ1v) is 6.66. The fourth-order valence-electron chi connectivity index (χ4n) is 6.22. The smallest absolute Gasteiger partial charge is 0.137 e. The lowest BCUT2D eigenvalue weighted by Gasteiger charge is -2.68. The van der Waals surface area contributed by atoms with E-state index < -0.39 is 11.6 Å². The maximum Gasteiger partial charge on any atom is 0.137 e. The summed E-state index contributed by atoms with van der Waals surface area (Å²) in [6.07, 6.45) is 6.60. The zero-order valence-electron chi connectivity index (χ0n) is 10.8. The normalized spacial score (nSPS) is 58.1. The summed E-state index contributed by atoms with van der Waals surface area (Å²) in [7, 11) is 0. The highest BCUT2D eigenvalue weighted by Crippen LogP contribution is 2.71. The van der Waals surface area contributed by atoms with Crippen molar-refractivity contribution < 1.29 is 9.90 Å². The molecule has 0 radical (unpaired) electrons. The van der Waals surface area contributed by atoms with Gasteiger partial charge in [-0.2, -0.15) is 0 Å². The number of aliphatic hydroxyl groups is 1. The molecule has 0 aliphatic heterocycles. The van der Waals surface area contributed by atoms with Crippen molar-refractivity contribution in [3.05, 3.63) is 0 Å². The largest absolute Gasteiger partial charge is 0.390 e. The number of rotatable bonds is 2. The van der Waals surface area contributed by atoms with Crippen LogP contribution in [0, 0.1) is 16.2 Å². The summed E-state index contributed by atoms with van der Waals surface area (Å²) in [5, 5.41) is 10.8. The molecule has 0 saturated heterocycles. The highest BCUT2D eigenvalue weighted by Gasteiger charge is 2.66. The fourth-order valence-corrected chi connectivity index (χ4v) is 6.22. The van der Waals surface area contributed by atoms with E-state index in [4.69, 9.17) is 5.73 Å². The van der Waals surface area contributed by atoms with Crippen molar-refractivity contribution in [2.24, 2.45) is 22.0 Å². The Morgan fingerprint density at radius 3 is 2.00 bits per heavy atom. The molecule has 0 amide bonds. The van der Waals surface area contributed by atoms with Crippen LogP contribution in [0.2, 0.25) is 0 Å². The molecule has 0 aromatic heterocycles. The van der Waals surface area contributed by atoms with Crippen molar-refractivity contribution in [1.82, 2.24) is 0 Å². The van der Waals surface area contributed by atoms with E-state index in [-0.39, 0.29) is 16.2 Å². The summed E-state index contributed by atoms with van der Waals surface area (Å²) in [5.74, 6) is 0. The van der Waals surface area contributed by atoms with Crippen LogP contribution in [0.15, 0.2) is 0 Å². The lowest BCUT2D eigenvalue weighted by Crippen LogP contribution is -2.66. The third-order valence-corrected chi connectivity index (χ3v) is 5.46. The first kappa shape index (κ1) is 11.7. The lowest BCUT2D eigenvalue weighted by atomic mass is 9.38. The topological polar surface area (TPSA) is 63.3 Å². The van der Waals surface area contributed by atoms with Crippen LogP contribution in [-0.4, -0.2) is 23.0 Å². The van der Waals surface area contributed by atoms with E-state index in [1.807, 2.05) is 0 Å². The molecule has 0 heterocycles. The summed E-state index contributed by atoms with van der Waals surface area (Å²) in [6, 6.07) is -0.409. The molecule has 3 unspecified atom stereocenters. The average molecular weight is 237 g/mol. The standard InChI is InChI=1S/C14H23NO2/c1-11-4-12(2)6-13(5-11,10(15)3-16)9-14(17,7-11)8-12/h3,10,17H,4-9,15H2,1-2H3. The molecular weight excluding hydrogens is 214 g/mol. The second-order valence-corrected chi connectivity index (χ2v) is 7.93. The van der Waals surface area contributed by atoms with Gasteiger partial charge in [-0.05, 0) is 54.8 Å². The van der Waals surface area contributed by atoms with Gasteiger partial charge in [0.2, 0.25) is 0 Å². The first-order chi connectivity index (χ1) is 7.72. The Balaban J connectivity index is 2.07. The molecule has 17 heavy (non-hydrogen) atoms. The number of carbonyl (C=O) groups excluding carboxylic acids is 1. The van der Waals surface area contributed by atoms with Gasteiger partial charge in [0.15, 0.2) is 0 Å². The predicted octanol–water partition coefficient (Wildman–Crippen LogP) is 1.62. The van der Waals surface area contributed by atoms with Gasteiger partial charge in [-0.15, -0.1) is 0 Å². The third kappa shape index (κ3) is 1.52. The molecule has 0 aromatic carbocycles. The summed E-state index contributed by atoms with van der Waals surface area (Å²) < 4.78 is 0. The summed E-state index contributed by atoms with van der Waals surface area (Å²) in [6.45, 7) is 4.53. The molecule has 0 aromatic rings. The second-order valence-electron chi connectivity index (χ2n) is 7.93. The SMILES string of the molecule is CC12CC3(C)CC(O)(C1)CC(C(N)C=O)(C2)C3. The Morgan fingerprint density at radius 1 is 1.06 bits per heavy atom. The summed E-state index contributed by atoms with van der Waals surface area (Å²) >= 11 is 0. The Hall–Kier alpha value is -0.410. The minimum Gasteiger partial charge on any atom is -0.390 e. The molecule has 3 heteroatoms. The first-order valence-electron chi connectivity index (χ1n) is 6.66. The van der Waals surface area contributed by atoms with Crippen LogP contribution in [0.1, 0.15) is 52.4 Å². The molecular formula is C14H23NO2. The molecule has 3 nitrogen and oxygen atoms in total. The van der Waals surface area contributed by atoms with Gasteiger partial charge in [0.05, 0.1) is 11.6 Å². The fraction of sp³-hybridized carbons (Fsp3) is 0.929. The monoisotopic (exact) mass is 237 g/mol. The number of aldehydes is 1. The van der Waals surface area contributed by atoms with E-state index in [1.54, 1.807) is 0 Å². The van der Waals surface area contributed by atoms with Crippen LogP contribution in [0.5, 0.6) is 0 Å². The quantitative estimate of drug-likeness (QED) is 0.717. The van der Waals surface area contributed by atoms with E-state index in [1.165, 1.54) is 6.42 Å². The van der Waals surface area contributed by atoms with Gasteiger partial charge in [0.25, 0.3) is 0 Å². The van der Waals surface area contributed by atoms with E-state index in [0.29, 0.717) is 0 Å². The van der Waals surface area contributed by atoms with Crippen LogP contribution in [0.25, 0.3) is 0 Å². The molecule has 4 aliphatic rings. The van der Waals surface area contributed by atoms with Gasteiger partial charge in [-0.1, -0.05) is 13.8 Å². The van der Waals surface area contributed by atoms with Crippen molar-refractivity contribution in [3.63, 3.8) is 0 Å². The van der Waals surface area contributed by atoms with Crippen molar-refractivity contribution in [2.45, 2.75) is 64.0 Å².